The van der Waals surface area contributed by atoms with Crippen LogP contribution in [-0.4, -0.2) is 0 Å². The fourth-order valence-electron chi connectivity index (χ4n) is 1.09. The summed E-state index contributed by atoms with van der Waals surface area (Å²) in [7, 11) is 0. The Morgan fingerprint density at radius 1 is 0.938 bits per heavy atom. The average Bonchev–Trinajstić information content (AvgIpc) is 2.34. The molecule has 0 heterocycles. The Bertz CT molecular complexity index is 628. The zero-order chi connectivity index (χ0) is 12.0. The minimum Gasteiger partial charge on any atom is -0.192 e. The highest BCUT2D eigenvalue weighted by atomic mass is 16.3. The molecule has 0 saturated heterocycles. The van der Waals surface area contributed by atoms with Crippen LogP contribution < -0.4 is 10.4 Å². The zero-order valence-electron chi connectivity index (χ0n) is 8.01. The van der Waals surface area contributed by atoms with Crippen LogP contribution in [0, 0.1) is 38.9 Å². The number of nitrogens with zero attached hydrogens (tertiary/aromatic N) is 4. The van der Waals surface area contributed by atoms with E-state index >= 15 is 0 Å². The van der Waals surface area contributed by atoms with Crippen LogP contribution >= 0.6 is 0 Å². The second-order valence-electron chi connectivity index (χ2n) is 2.73. The van der Waals surface area contributed by atoms with Crippen LogP contribution in [0.5, 0.6) is 0 Å². The van der Waals surface area contributed by atoms with E-state index in [-0.39, 0.29) is 11.3 Å². The van der Waals surface area contributed by atoms with Crippen molar-refractivity contribution in [2.24, 2.45) is 5.18 Å². The molecule has 1 aromatic carbocycles. The Morgan fingerprint density at radius 2 is 1.44 bits per heavy atom. The Kier molecular flexibility index (Phi) is 3.50. The Hall–Kier alpha value is -2.97. The topological polar surface area (TPSA) is 101 Å². The molecule has 0 atom stereocenters. The van der Waals surface area contributed by atoms with Gasteiger partial charge in [-0.05, 0) is 5.18 Å². The van der Waals surface area contributed by atoms with Gasteiger partial charge in [0.2, 0.25) is 0 Å². The molecule has 1 aromatic rings. The highest BCUT2D eigenvalue weighted by Crippen LogP contribution is 1.90. The molecule has 16 heavy (non-hydrogen) atoms. The van der Waals surface area contributed by atoms with Crippen LogP contribution in [0.15, 0.2) is 29.4 Å². The van der Waals surface area contributed by atoms with Crippen molar-refractivity contribution >= 4 is 11.3 Å². The first-order chi connectivity index (χ1) is 7.76. The zero-order valence-corrected chi connectivity index (χ0v) is 8.01. The van der Waals surface area contributed by atoms with E-state index in [1.165, 1.54) is 24.3 Å². The monoisotopic (exact) mass is 208 g/mol. The van der Waals surface area contributed by atoms with Crippen LogP contribution in [0.3, 0.4) is 0 Å². The van der Waals surface area contributed by atoms with Crippen molar-refractivity contribution in [3.05, 3.63) is 39.6 Å². The third-order valence-corrected chi connectivity index (χ3v) is 1.87. The predicted octanol–water partition coefficient (Wildman–Crippen LogP) is 0.283. The highest BCUT2D eigenvalue weighted by molar-refractivity contribution is 5.72. The summed E-state index contributed by atoms with van der Waals surface area (Å²) in [6.45, 7) is 0. The van der Waals surface area contributed by atoms with Crippen LogP contribution in [0.2, 0.25) is 0 Å². The first kappa shape index (κ1) is 11.1. The van der Waals surface area contributed by atoms with Gasteiger partial charge in [-0.1, -0.05) is 24.3 Å². The van der Waals surface area contributed by atoms with Gasteiger partial charge in [0.15, 0.2) is 5.70 Å². The van der Waals surface area contributed by atoms with Gasteiger partial charge in [-0.3, -0.25) is 0 Å². The average molecular weight is 208 g/mol. The SMILES string of the molecule is N#CC(C#N)=c1ccc(=C(C#N)N=O)cc1. The van der Waals surface area contributed by atoms with Gasteiger partial charge >= 0.3 is 0 Å². The van der Waals surface area contributed by atoms with E-state index in [1.807, 2.05) is 0 Å². The van der Waals surface area contributed by atoms with Crippen molar-refractivity contribution in [1.29, 1.82) is 15.8 Å². The number of rotatable bonds is 1. The fraction of sp³-hybridized carbons (Fsp3) is 0. The number of nitroso groups, excluding NO2 is 1. The Labute approximate surface area is 90.7 Å². The third-order valence-electron chi connectivity index (χ3n) is 1.87. The van der Waals surface area contributed by atoms with Crippen LogP contribution in [0.4, 0.5) is 0 Å². The minimum absolute atomic E-state index is 0.0240. The molecule has 0 N–H and O–H groups in total. The number of hydrogen-bond acceptors (Lipinski definition) is 5. The van der Waals surface area contributed by atoms with Gasteiger partial charge in [0.05, 0.1) is 0 Å². The fourth-order valence-corrected chi connectivity index (χ4v) is 1.09. The van der Waals surface area contributed by atoms with Crippen LogP contribution in [-0.2, 0) is 0 Å². The van der Waals surface area contributed by atoms with Gasteiger partial charge in [-0.25, -0.2) is 0 Å². The maximum absolute atomic E-state index is 10.2. The van der Waals surface area contributed by atoms with Gasteiger partial charge in [0.25, 0.3) is 0 Å². The van der Waals surface area contributed by atoms with Crippen molar-refractivity contribution < 1.29 is 0 Å². The minimum atomic E-state index is -0.234. The summed E-state index contributed by atoms with van der Waals surface area (Å²) in [6.07, 6.45) is 0. The molecule has 0 aromatic heterocycles. The molecule has 0 radical (unpaired) electrons. The molecular formula is C11H4N4O. The number of hydrogen-bond donors (Lipinski definition) is 0. The van der Waals surface area contributed by atoms with Crippen molar-refractivity contribution in [3.63, 3.8) is 0 Å². The largest absolute Gasteiger partial charge is 0.192 e. The first-order valence-electron chi connectivity index (χ1n) is 4.15. The highest BCUT2D eigenvalue weighted by Gasteiger charge is 1.96. The predicted molar refractivity (Wildman–Crippen MR) is 55.1 cm³/mol. The lowest BCUT2D eigenvalue weighted by Crippen LogP contribution is -2.11. The Morgan fingerprint density at radius 3 is 1.81 bits per heavy atom. The maximum atomic E-state index is 10.2. The molecule has 0 aliphatic heterocycles. The van der Waals surface area contributed by atoms with E-state index in [4.69, 9.17) is 15.8 Å². The van der Waals surface area contributed by atoms with E-state index in [2.05, 4.69) is 5.18 Å². The lowest BCUT2D eigenvalue weighted by atomic mass is 10.1. The van der Waals surface area contributed by atoms with E-state index in [1.54, 1.807) is 18.2 Å². The van der Waals surface area contributed by atoms with E-state index in [0.717, 1.165) is 0 Å². The molecule has 5 heteroatoms. The summed E-state index contributed by atoms with van der Waals surface area (Å²) in [5.41, 5.74) is -0.258. The van der Waals surface area contributed by atoms with Crippen molar-refractivity contribution in [1.82, 2.24) is 0 Å². The normalized spacial score (nSPS) is 8.06. The summed E-state index contributed by atoms with van der Waals surface area (Å²) in [6, 6.07) is 11.0. The molecule has 1 rings (SSSR count). The second-order valence-corrected chi connectivity index (χ2v) is 2.73. The third kappa shape index (κ3) is 2.09. The molecule has 0 amide bonds. The summed E-state index contributed by atoms with van der Waals surface area (Å²) in [5, 5.41) is 29.1. The molecule has 0 bridgehead atoms. The van der Waals surface area contributed by atoms with Gasteiger partial charge in [-0.2, -0.15) is 15.8 Å². The van der Waals surface area contributed by atoms with Gasteiger partial charge in [-0.15, -0.1) is 4.91 Å². The lowest BCUT2D eigenvalue weighted by Gasteiger charge is -1.88. The smallest absolute Gasteiger partial charge is 0.192 e. The summed E-state index contributed by atoms with van der Waals surface area (Å²) < 4.78 is 0. The molecule has 0 unspecified atom stereocenters. The van der Waals surface area contributed by atoms with Crippen molar-refractivity contribution in [2.45, 2.75) is 0 Å². The standard InChI is InChI=1S/C11H4N4O/c12-5-10(6-13)8-1-3-9(4-2-8)11(7-14)15-16/h1-4H. The van der Waals surface area contributed by atoms with E-state index in [9.17, 15) is 4.91 Å². The van der Waals surface area contributed by atoms with E-state index in [0.29, 0.717) is 10.4 Å². The molecule has 5 nitrogen and oxygen atoms in total. The lowest BCUT2D eigenvalue weighted by molar-refractivity contribution is 1.42. The van der Waals surface area contributed by atoms with Gasteiger partial charge < -0.3 is 0 Å². The molecule has 0 aliphatic rings. The number of nitriles is 3. The summed E-state index contributed by atoms with van der Waals surface area (Å²) in [4.78, 5) is 10.2. The van der Waals surface area contributed by atoms with Gasteiger partial charge in [0, 0.05) is 10.4 Å². The summed E-state index contributed by atoms with van der Waals surface area (Å²) >= 11 is 0. The van der Waals surface area contributed by atoms with Crippen LogP contribution in [0.1, 0.15) is 0 Å². The molecule has 0 saturated carbocycles. The quantitative estimate of drug-likeness (QED) is 0.618. The second kappa shape index (κ2) is 5.05. The van der Waals surface area contributed by atoms with Crippen molar-refractivity contribution in [2.75, 3.05) is 0 Å². The molecular weight excluding hydrogens is 204 g/mol. The van der Waals surface area contributed by atoms with Crippen LogP contribution in [0.25, 0.3) is 11.3 Å². The molecule has 74 valence electrons. The molecule has 0 fully saturated rings. The Balaban J connectivity index is 3.56. The van der Waals surface area contributed by atoms with Gasteiger partial charge in [0.1, 0.15) is 23.8 Å². The summed E-state index contributed by atoms with van der Waals surface area (Å²) in [5.74, 6) is 0. The first-order valence-corrected chi connectivity index (χ1v) is 4.15. The van der Waals surface area contributed by atoms with Crippen molar-refractivity contribution in [3.8, 4) is 18.2 Å². The number of benzene rings is 1. The molecule has 0 aliphatic carbocycles. The maximum Gasteiger partial charge on any atom is 0.192 e. The van der Waals surface area contributed by atoms with E-state index < -0.39 is 0 Å². The molecule has 0 spiro atoms.